The number of hydrogen-bond donors (Lipinski definition) is 0. The van der Waals surface area contributed by atoms with Crippen molar-refractivity contribution in [2.24, 2.45) is 5.16 Å². The zero-order chi connectivity index (χ0) is 17.5. The Bertz CT molecular complexity index is 744. The van der Waals surface area contributed by atoms with E-state index < -0.39 is 0 Å². The van der Waals surface area contributed by atoms with E-state index >= 15 is 0 Å². The maximum Gasteiger partial charge on any atom is 0.158 e. The van der Waals surface area contributed by atoms with Gasteiger partial charge in [0.25, 0.3) is 0 Å². The third-order valence-electron chi connectivity index (χ3n) is 4.38. The van der Waals surface area contributed by atoms with E-state index in [1.807, 2.05) is 17.4 Å². The molecule has 2 nitrogen and oxygen atoms in total. The number of oxime groups is 1. The molecule has 1 atom stereocenters. The van der Waals surface area contributed by atoms with Crippen molar-refractivity contribution in [2.75, 3.05) is 0 Å². The summed E-state index contributed by atoms with van der Waals surface area (Å²) in [5.41, 5.74) is 3.92. The molecule has 0 radical (unpaired) electrons. The highest BCUT2D eigenvalue weighted by atomic mass is 32.1. The molecule has 0 fully saturated rings. The van der Waals surface area contributed by atoms with Gasteiger partial charge in [0.05, 0.1) is 4.88 Å². The van der Waals surface area contributed by atoms with Crippen molar-refractivity contribution in [1.29, 1.82) is 0 Å². The molecule has 3 rings (SSSR count). The quantitative estimate of drug-likeness (QED) is 0.636. The van der Waals surface area contributed by atoms with Crippen LogP contribution in [-0.4, -0.2) is 5.71 Å². The van der Waals surface area contributed by atoms with E-state index in [1.165, 1.54) is 20.9 Å². The second kappa shape index (κ2) is 6.03. The zero-order valence-electron chi connectivity index (χ0n) is 15.5. The highest BCUT2D eigenvalue weighted by molar-refractivity contribution is 7.14. The lowest BCUT2D eigenvalue weighted by Crippen LogP contribution is -2.15. The van der Waals surface area contributed by atoms with Gasteiger partial charge in [-0.1, -0.05) is 77.0 Å². The summed E-state index contributed by atoms with van der Waals surface area (Å²) < 4.78 is 0. The molecule has 0 bridgehead atoms. The first-order chi connectivity index (χ1) is 11.2. The topological polar surface area (TPSA) is 21.6 Å². The molecule has 0 spiro atoms. The first kappa shape index (κ1) is 17.2. The first-order valence-corrected chi connectivity index (χ1v) is 9.41. The van der Waals surface area contributed by atoms with E-state index in [-0.39, 0.29) is 16.9 Å². The fourth-order valence-electron chi connectivity index (χ4n) is 2.89. The summed E-state index contributed by atoms with van der Waals surface area (Å²) in [4.78, 5) is 8.47. The van der Waals surface area contributed by atoms with Crippen LogP contribution < -0.4 is 0 Å². The third kappa shape index (κ3) is 3.41. The predicted molar refractivity (Wildman–Crippen MR) is 103 cm³/mol. The Morgan fingerprint density at radius 1 is 1.00 bits per heavy atom. The molecule has 0 saturated carbocycles. The molecule has 0 saturated heterocycles. The normalized spacial score (nSPS) is 18.4. The molecule has 1 aromatic heterocycles. The molecular formula is C21H27NOS. The van der Waals surface area contributed by atoms with Crippen LogP contribution in [0.15, 0.2) is 41.6 Å². The minimum atomic E-state index is 0.0363. The lowest BCUT2D eigenvalue weighted by molar-refractivity contribution is 0.0857. The van der Waals surface area contributed by atoms with E-state index in [2.05, 4.69) is 77.0 Å². The minimum Gasteiger partial charge on any atom is -0.387 e. The van der Waals surface area contributed by atoms with Gasteiger partial charge in [-0.3, -0.25) is 0 Å². The van der Waals surface area contributed by atoms with Crippen LogP contribution in [0.3, 0.4) is 0 Å². The second-order valence-electron chi connectivity index (χ2n) is 8.60. The molecule has 1 unspecified atom stereocenters. The van der Waals surface area contributed by atoms with Crippen LogP contribution in [0.25, 0.3) is 0 Å². The van der Waals surface area contributed by atoms with E-state index in [0.29, 0.717) is 0 Å². The average molecular weight is 342 g/mol. The standard InChI is InChI=1S/C21H27NOS/c1-20(2,3)15-12-18(21(4,5)6)24-19(15)16-13-17(23-22-16)14-10-8-7-9-11-14/h7-12,17H,13H2,1-6H3. The van der Waals surface area contributed by atoms with Gasteiger partial charge in [-0.15, -0.1) is 11.3 Å². The molecule has 128 valence electrons. The van der Waals surface area contributed by atoms with Crippen molar-refractivity contribution in [3.63, 3.8) is 0 Å². The Labute approximate surface area is 149 Å². The zero-order valence-corrected chi connectivity index (χ0v) is 16.3. The third-order valence-corrected chi connectivity index (χ3v) is 5.99. The number of benzene rings is 1. The molecule has 2 aromatic rings. The molecule has 2 heterocycles. The van der Waals surface area contributed by atoms with Crippen LogP contribution >= 0.6 is 11.3 Å². The van der Waals surface area contributed by atoms with Crippen molar-refractivity contribution < 1.29 is 4.84 Å². The molecule has 3 heteroatoms. The highest BCUT2D eigenvalue weighted by Crippen LogP contribution is 2.41. The Morgan fingerprint density at radius 2 is 1.67 bits per heavy atom. The summed E-state index contributed by atoms with van der Waals surface area (Å²) in [6.07, 6.45) is 0.881. The van der Waals surface area contributed by atoms with Crippen LogP contribution in [0.2, 0.25) is 0 Å². The first-order valence-electron chi connectivity index (χ1n) is 8.59. The average Bonchev–Trinajstić information content (AvgIpc) is 3.14. The smallest absolute Gasteiger partial charge is 0.158 e. The second-order valence-corrected chi connectivity index (χ2v) is 9.65. The predicted octanol–water partition coefficient (Wildman–Crippen LogP) is 6.21. The van der Waals surface area contributed by atoms with Crippen LogP contribution in [0, 0.1) is 0 Å². The molecule has 1 aromatic carbocycles. The minimum absolute atomic E-state index is 0.0363. The van der Waals surface area contributed by atoms with E-state index in [0.717, 1.165) is 12.1 Å². The van der Waals surface area contributed by atoms with Crippen molar-refractivity contribution >= 4 is 17.0 Å². The van der Waals surface area contributed by atoms with Crippen LogP contribution in [0.5, 0.6) is 0 Å². The van der Waals surface area contributed by atoms with Gasteiger partial charge in [0.1, 0.15) is 5.71 Å². The van der Waals surface area contributed by atoms with Crippen molar-refractivity contribution in [3.8, 4) is 0 Å². The summed E-state index contributed by atoms with van der Waals surface area (Å²) in [6.45, 7) is 13.6. The fraction of sp³-hybridized carbons (Fsp3) is 0.476. The number of hydrogen-bond acceptors (Lipinski definition) is 3. The van der Waals surface area contributed by atoms with Gasteiger partial charge in [0, 0.05) is 11.3 Å². The fourth-order valence-corrected chi connectivity index (χ4v) is 4.31. The molecule has 24 heavy (non-hydrogen) atoms. The summed E-state index contributed by atoms with van der Waals surface area (Å²) in [5, 5.41) is 4.46. The van der Waals surface area contributed by atoms with Gasteiger partial charge in [-0.2, -0.15) is 0 Å². The van der Waals surface area contributed by atoms with Gasteiger partial charge in [-0.25, -0.2) is 0 Å². The maximum absolute atomic E-state index is 5.76. The number of thiophene rings is 1. The van der Waals surface area contributed by atoms with Gasteiger partial charge >= 0.3 is 0 Å². The molecule has 1 aliphatic rings. The lowest BCUT2D eigenvalue weighted by Gasteiger charge is -2.19. The number of nitrogens with zero attached hydrogens (tertiary/aromatic N) is 1. The highest BCUT2D eigenvalue weighted by Gasteiger charge is 2.31. The molecule has 0 amide bonds. The van der Waals surface area contributed by atoms with Crippen molar-refractivity contribution in [3.05, 3.63) is 57.3 Å². The summed E-state index contributed by atoms with van der Waals surface area (Å²) in [5.74, 6) is 0. The molecule has 0 aliphatic carbocycles. The SMILES string of the molecule is CC(C)(C)c1cc(C(C)(C)C)c(C2=NOC(c3ccccc3)C2)s1. The van der Waals surface area contributed by atoms with Crippen LogP contribution in [0.1, 0.15) is 74.9 Å². The summed E-state index contributed by atoms with van der Waals surface area (Å²) in [6, 6.07) is 12.7. The Hall–Kier alpha value is -1.61. The lowest BCUT2D eigenvalue weighted by atomic mass is 9.84. The van der Waals surface area contributed by atoms with Gasteiger partial charge in [-0.05, 0) is 28.0 Å². The van der Waals surface area contributed by atoms with Gasteiger partial charge in [0.2, 0.25) is 0 Å². The Balaban J connectivity index is 1.94. The summed E-state index contributed by atoms with van der Waals surface area (Å²) in [7, 11) is 0. The van der Waals surface area contributed by atoms with Crippen LogP contribution in [-0.2, 0) is 15.7 Å². The molecule has 0 N–H and O–H groups in total. The van der Waals surface area contributed by atoms with E-state index in [1.54, 1.807) is 0 Å². The van der Waals surface area contributed by atoms with Gasteiger partial charge in [0.15, 0.2) is 6.10 Å². The van der Waals surface area contributed by atoms with Crippen molar-refractivity contribution in [2.45, 2.75) is 64.9 Å². The largest absolute Gasteiger partial charge is 0.387 e. The van der Waals surface area contributed by atoms with Gasteiger partial charge < -0.3 is 4.84 Å². The van der Waals surface area contributed by atoms with Crippen molar-refractivity contribution in [1.82, 2.24) is 0 Å². The van der Waals surface area contributed by atoms with E-state index in [9.17, 15) is 0 Å². The van der Waals surface area contributed by atoms with Crippen LogP contribution in [0.4, 0.5) is 0 Å². The monoisotopic (exact) mass is 341 g/mol. The Kier molecular flexibility index (Phi) is 4.33. The Morgan fingerprint density at radius 3 is 2.25 bits per heavy atom. The molecule has 1 aliphatic heterocycles. The number of rotatable bonds is 2. The van der Waals surface area contributed by atoms with E-state index in [4.69, 9.17) is 4.84 Å². The molecular weight excluding hydrogens is 314 g/mol. The summed E-state index contributed by atoms with van der Waals surface area (Å²) >= 11 is 1.88. The maximum atomic E-state index is 5.76.